The minimum Gasteiger partial charge on any atom is -0.386 e. The lowest BCUT2D eigenvalue weighted by Crippen LogP contribution is -2.21. The van der Waals surface area contributed by atoms with Crippen LogP contribution in [-0.2, 0) is 5.60 Å². The smallest absolute Gasteiger partial charge is 0.0860 e. The Labute approximate surface area is 86.2 Å². The lowest BCUT2D eigenvalue weighted by Gasteiger charge is -2.25. The Morgan fingerprint density at radius 1 is 1.21 bits per heavy atom. The van der Waals surface area contributed by atoms with E-state index in [-0.39, 0.29) is 0 Å². The van der Waals surface area contributed by atoms with E-state index >= 15 is 0 Å². The average Bonchev–Trinajstić information content (AvgIpc) is 2.01. The van der Waals surface area contributed by atoms with Gasteiger partial charge in [0.1, 0.15) is 0 Å². The fourth-order valence-corrected chi connectivity index (χ4v) is 1.53. The first kappa shape index (κ1) is 11.1. The van der Waals surface area contributed by atoms with Gasteiger partial charge in [-0.05, 0) is 32.4 Å². The van der Waals surface area contributed by atoms with Crippen LogP contribution in [0.5, 0.6) is 0 Å². The van der Waals surface area contributed by atoms with E-state index in [0.717, 1.165) is 11.3 Å². The van der Waals surface area contributed by atoms with Crippen molar-refractivity contribution in [3.8, 4) is 0 Å². The number of hydrogen-bond donors (Lipinski definition) is 1. The van der Waals surface area contributed by atoms with Gasteiger partial charge in [0.2, 0.25) is 0 Å². The zero-order valence-electron chi connectivity index (χ0n) is 9.63. The molecule has 0 atom stereocenters. The van der Waals surface area contributed by atoms with Crippen LogP contribution in [-0.4, -0.2) is 19.2 Å². The molecule has 0 aliphatic rings. The molecule has 14 heavy (non-hydrogen) atoms. The van der Waals surface area contributed by atoms with Crippen LogP contribution < -0.4 is 4.90 Å². The molecular formula is C12H19NO. The zero-order valence-corrected chi connectivity index (χ0v) is 9.63. The van der Waals surface area contributed by atoms with Crippen LogP contribution in [0.4, 0.5) is 5.69 Å². The van der Waals surface area contributed by atoms with E-state index in [2.05, 4.69) is 13.0 Å². The second-order valence-electron chi connectivity index (χ2n) is 4.47. The third kappa shape index (κ3) is 2.26. The number of rotatable bonds is 2. The van der Waals surface area contributed by atoms with Crippen molar-refractivity contribution in [2.45, 2.75) is 26.4 Å². The molecule has 0 aliphatic heterocycles. The molecule has 1 aromatic carbocycles. The average molecular weight is 193 g/mol. The first-order valence-electron chi connectivity index (χ1n) is 4.83. The van der Waals surface area contributed by atoms with E-state index in [1.54, 1.807) is 0 Å². The second kappa shape index (κ2) is 3.62. The van der Waals surface area contributed by atoms with Crippen LogP contribution >= 0.6 is 0 Å². The lowest BCUT2D eigenvalue weighted by molar-refractivity contribution is 0.0791. The van der Waals surface area contributed by atoms with Gasteiger partial charge in [0.05, 0.1) is 5.60 Å². The highest BCUT2D eigenvalue weighted by Crippen LogP contribution is 2.29. The zero-order chi connectivity index (χ0) is 10.9. The first-order valence-corrected chi connectivity index (χ1v) is 4.83. The second-order valence-corrected chi connectivity index (χ2v) is 4.47. The van der Waals surface area contributed by atoms with E-state index in [1.165, 1.54) is 5.56 Å². The summed E-state index contributed by atoms with van der Waals surface area (Å²) >= 11 is 0. The first-order chi connectivity index (χ1) is 6.32. The quantitative estimate of drug-likeness (QED) is 0.779. The fourth-order valence-electron chi connectivity index (χ4n) is 1.53. The van der Waals surface area contributed by atoms with Gasteiger partial charge in [0, 0.05) is 25.3 Å². The molecule has 0 saturated carbocycles. The van der Waals surface area contributed by atoms with Crippen molar-refractivity contribution < 1.29 is 5.11 Å². The summed E-state index contributed by atoms with van der Waals surface area (Å²) in [6, 6.07) is 6.11. The highest BCUT2D eigenvalue weighted by atomic mass is 16.3. The number of aryl methyl sites for hydroxylation is 1. The molecule has 1 aromatic rings. The van der Waals surface area contributed by atoms with Crippen LogP contribution in [0.15, 0.2) is 18.2 Å². The van der Waals surface area contributed by atoms with Gasteiger partial charge in [-0.1, -0.05) is 12.1 Å². The summed E-state index contributed by atoms with van der Waals surface area (Å²) in [5.41, 5.74) is 2.47. The normalized spacial score (nSPS) is 11.6. The Bertz CT molecular complexity index is 324. The molecule has 0 aromatic heterocycles. The Morgan fingerprint density at radius 3 is 2.21 bits per heavy atom. The fraction of sp³-hybridized carbons (Fsp3) is 0.500. The van der Waals surface area contributed by atoms with Gasteiger partial charge < -0.3 is 10.0 Å². The molecule has 1 N–H and O–H groups in total. The van der Waals surface area contributed by atoms with Crippen molar-refractivity contribution in [1.29, 1.82) is 0 Å². The van der Waals surface area contributed by atoms with Gasteiger partial charge in [-0.15, -0.1) is 0 Å². The van der Waals surface area contributed by atoms with Gasteiger partial charge in [-0.2, -0.15) is 0 Å². The Kier molecular flexibility index (Phi) is 2.86. The third-order valence-electron chi connectivity index (χ3n) is 2.29. The number of benzene rings is 1. The molecule has 2 nitrogen and oxygen atoms in total. The summed E-state index contributed by atoms with van der Waals surface area (Å²) in [4.78, 5) is 2.03. The third-order valence-corrected chi connectivity index (χ3v) is 2.29. The minimum absolute atomic E-state index is 0.784. The van der Waals surface area contributed by atoms with Crippen LogP contribution in [0.1, 0.15) is 25.0 Å². The molecule has 1 rings (SSSR count). The number of aliphatic hydroxyl groups is 1. The molecule has 0 bridgehead atoms. The van der Waals surface area contributed by atoms with Gasteiger partial charge in [-0.3, -0.25) is 0 Å². The lowest BCUT2D eigenvalue weighted by atomic mass is 9.95. The summed E-state index contributed by atoms with van der Waals surface area (Å²) in [6.45, 7) is 5.68. The molecule has 0 fully saturated rings. The van der Waals surface area contributed by atoms with Crippen molar-refractivity contribution >= 4 is 5.69 Å². The molecular weight excluding hydrogens is 174 g/mol. The van der Waals surface area contributed by atoms with Crippen molar-refractivity contribution in [3.05, 3.63) is 29.3 Å². The number of hydrogen-bond acceptors (Lipinski definition) is 2. The summed E-state index contributed by atoms with van der Waals surface area (Å²) in [7, 11) is 3.98. The van der Waals surface area contributed by atoms with Gasteiger partial charge in [0.15, 0.2) is 0 Å². The maximum atomic E-state index is 9.98. The molecule has 78 valence electrons. The van der Waals surface area contributed by atoms with Gasteiger partial charge >= 0.3 is 0 Å². The van der Waals surface area contributed by atoms with E-state index in [0.29, 0.717) is 0 Å². The van der Waals surface area contributed by atoms with E-state index in [9.17, 15) is 5.11 Å². The molecule has 2 heteroatoms. The largest absolute Gasteiger partial charge is 0.386 e. The molecule has 0 heterocycles. The maximum absolute atomic E-state index is 9.98. The summed E-state index contributed by atoms with van der Waals surface area (Å²) < 4.78 is 0. The molecule has 0 aliphatic carbocycles. The van der Waals surface area contributed by atoms with Crippen LogP contribution in [0, 0.1) is 6.92 Å². The topological polar surface area (TPSA) is 23.5 Å². The number of nitrogens with zero attached hydrogens (tertiary/aromatic N) is 1. The Morgan fingerprint density at radius 2 is 1.79 bits per heavy atom. The summed E-state index contributed by atoms with van der Waals surface area (Å²) in [5, 5.41) is 9.98. The van der Waals surface area contributed by atoms with Crippen LogP contribution in [0.2, 0.25) is 0 Å². The summed E-state index contributed by atoms with van der Waals surface area (Å²) in [6.07, 6.45) is 0. The minimum atomic E-state index is -0.784. The highest BCUT2D eigenvalue weighted by Gasteiger charge is 2.20. The van der Waals surface area contributed by atoms with Gasteiger partial charge in [-0.25, -0.2) is 0 Å². The number of anilines is 1. The van der Waals surface area contributed by atoms with E-state index in [4.69, 9.17) is 0 Å². The van der Waals surface area contributed by atoms with Crippen molar-refractivity contribution in [3.63, 3.8) is 0 Å². The maximum Gasteiger partial charge on any atom is 0.0860 e. The standard InChI is InChI=1S/C12H19NO/c1-9-6-7-10(12(2,3)14)11(8-9)13(4)5/h6-8,14H,1-5H3. The highest BCUT2D eigenvalue weighted by molar-refractivity contribution is 5.56. The van der Waals surface area contributed by atoms with E-state index in [1.807, 2.05) is 45.0 Å². The predicted octanol–water partition coefficient (Wildman–Crippen LogP) is 2.29. The van der Waals surface area contributed by atoms with Crippen molar-refractivity contribution in [2.24, 2.45) is 0 Å². The van der Waals surface area contributed by atoms with Crippen molar-refractivity contribution in [2.75, 3.05) is 19.0 Å². The van der Waals surface area contributed by atoms with Gasteiger partial charge in [0.25, 0.3) is 0 Å². The Balaban J connectivity index is 3.29. The van der Waals surface area contributed by atoms with Crippen LogP contribution in [0.25, 0.3) is 0 Å². The monoisotopic (exact) mass is 193 g/mol. The summed E-state index contributed by atoms with van der Waals surface area (Å²) in [5.74, 6) is 0. The van der Waals surface area contributed by atoms with Crippen molar-refractivity contribution in [1.82, 2.24) is 0 Å². The molecule has 0 saturated heterocycles. The Hall–Kier alpha value is -1.02. The predicted molar refractivity (Wildman–Crippen MR) is 60.8 cm³/mol. The molecule has 0 spiro atoms. The SMILES string of the molecule is Cc1ccc(C(C)(C)O)c(N(C)C)c1. The van der Waals surface area contributed by atoms with E-state index < -0.39 is 5.60 Å². The molecule has 0 amide bonds. The molecule has 0 radical (unpaired) electrons. The van der Waals surface area contributed by atoms with Crippen LogP contribution in [0.3, 0.4) is 0 Å². The molecule has 0 unspecified atom stereocenters.